The van der Waals surface area contributed by atoms with Crippen LogP contribution in [0, 0.1) is 0 Å². The number of carboxylic acid groups (broad SMARTS) is 2. The largest absolute Gasteiger partial charge is 0.478 e. The van der Waals surface area contributed by atoms with Gasteiger partial charge >= 0.3 is 11.9 Å². The van der Waals surface area contributed by atoms with Crippen LogP contribution in [0.5, 0.6) is 0 Å². The van der Waals surface area contributed by atoms with Crippen molar-refractivity contribution in [3.05, 3.63) is 29.3 Å². The van der Waals surface area contributed by atoms with Gasteiger partial charge in [-0.2, -0.15) is 0 Å². The molecule has 0 saturated heterocycles. The lowest BCUT2D eigenvalue weighted by Crippen LogP contribution is -2.02. The van der Waals surface area contributed by atoms with Gasteiger partial charge in [0, 0.05) is 4.90 Å². The molecule has 0 fully saturated rings. The molecule has 0 amide bonds. The molecule has 0 aliphatic rings. The van der Waals surface area contributed by atoms with E-state index < -0.39 is 11.9 Å². The molecule has 13 heavy (non-hydrogen) atoms. The van der Waals surface area contributed by atoms with Crippen molar-refractivity contribution in [3.63, 3.8) is 0 Å². The van der Waals surface area contributed by atoms with E-state index in [9.17, 15) is 9.59 Å². The lowest BCUT2D eigenvalue weighted by atomic mass is 10.1. The lowest BCUT2D eigenvalue weighted by Gasteiger charge is -1.98. The summed E-state index contributed by atoms with van der Waals surface area (Å²) in [6.45, 7) is 0. The molecule has 1 aromatic rings. The van der Waals surface area contributed by atoms with Crippen LogP contribution in [0.1, 0.15) is 20.7 Å². The molecule has 1 aromatic carbocycles. The second-order valence-corrected chi connectivity index (χ2v) is 2.83. The maximum atomic E-state index is 10.5. The van der Waals surface area contributed by atoms with Crippen LogP contribution in [0.25, 0.3) is 0 Å². The van der Waals surface area contributed by atoms with Crippen molar-refractivity contribution in [2.75, 3.05) is 0 Å². The van der Waals surface area contributed by atoms with E-state index in [1.54, 1.807) is 0 Å². The van der Waals surface area contributed by atoms with Crippen LogP contribution in [-0.4, -0.2) is 22.2 Å². The molecule has 0 bridgehead atoms. The van der Waals surface area contributed by atoms with Gasteiger partial charge in [0.2, 0.25) is 0 Å². The van der Waals surface area contributed by atoms with Gasteiger partial charge in [-0.05, 0) is 18.2 Å². The Morgan fingerprint density at radius 3 is 1.69 bits per heavy atom. The zero-order valence-electron chi connectivity index (χ0n) is 6.35. The van der Waals surface area contributed by atoms with E-state index in [1.807, 2.05) is 0 Å². The van der Waals surface area contributed by atoms with Gasteiger partial charge in [0.1, 0.15) is 0 Å². The molecule has 1 radical (unpaired) electrons. The molecule has 1 rings (SSSR count). The standard InChI is InChI=1S/C8H5O4S/c9-7(10)4-1-5(8(11)12)3-6(13)2-4/h1-3H,(H,9,10)(H,11,12). The average Bonchev–Trinajstić information content (AvgIpc) is 2.03. The maximum Gasteiger partial charge on any atom is 0.335 e. The molecule has 0 atom stereocenters. The van der Waals surface area contributed by atoms with Gasteiger partial charge < -0.3 is 10.2 Å². The quantitative estimate of drug-likeness (QED) is 0.755. The summed E-state index contributed by atoms with van der Waals surface area (Å²) in [7, 11) is 0. The van der Waals surface area contributed by atoms with Crippen LogP contribution < -0.4 is 0 Å². The van der Waals surface area contributed by atoms with Crippen molar-refractivity contribution in [2.45, 2.75) is 4.90 Å². The van der Waals surface area contributed by atoms with E-state index in [0.717, 1.165) is 6.07 Å². The van der Waals surface area contributed by atoms with Crippen molar-refractivity contribution >= 4 is 24.6 Å². The number of aromatic carboxylic acids is 2. The van der Waals surface area contributed by atoms with Crippen molar-refractivity contribution in [1.29, 1.82) is 0 Å². The van der Waals surface area contributed by atoms with E-state index in [4.69, 9.17) is 22.8 Å². The van der Waals surface area contributed by atoms with Crippen LogP contribution in [0.2, 0.25) is 0 Å². The van der Waals surface area contributed by atoms with E-state index in [0.29, 0.717) is 0 Å². The first-order chi connectivity index (χ1) is 6.00. The van der Waals surface area contributed by atoms with Crippen molar-refractivity contribution in [3.8, 4) is 0 Å². The number of carbonyl (C=O) groups is 2. The molecule has 0 aliphatic heterocycles. The predicted octanol–water partition coefficient (Wildman–Crippen LogP) is 1.64. The third kappa shape index (κ3) is 2.16. The average molecular weight is 197 g/mol. The summed E-state index contributed by atoms with van der Waals surface area (Å²) in [4.78, 5) is 21.2. The van der Waals surface area contributed by atoms with Crippen LogP contribution in [0.3, 0.4) is 0 Å². The van der Waals surface area contributed by atoms with E-state index in [1.165, 1.54) is 12.1 Å². The SMILES string of the molecule is O=C(O)c1cc([S])cc(C(=O)O)c1. The van der Waals surface area contributed by atoms with E-state index in [2.05, 4.69) is 0 Å². The minimum absolute atomic E-state index is 0.107. The Labute approximate surface area is 79.2 Å². The zero-order chi connectivity index (χ0) is 10.0. The Morgan fingerprint density at radius 2 is 1.38 bits per heavy atom. The Hall–Kier alpha value is -1.62. The summed E-state index contributed by atoms with van der Waals surface area (Å²) < 4.78 is 0. The molecular weight excluding hydrogens is 192 g/mol. The summed E-state index contributed by atoms with van der Waals surface area (Å²) in [5, 5.41) is 17.2. The van der Waals surface area contributed by atoms with Gasteiger partial charge in [-0.3, -0.25) is 0 Å². The lowest BCUT2D eigenvalue weighted by molar-refractivity contribution is 0.0696. The van der Waals surface area contributed by atoms with E-state index >= 15 is 0 Å². The number of rotatable bonds is 2. The molecule has 2 N–H and O–H groups in total. The highest BCUT2D eigenvalue weighted by Gasteiger charge is 2.09. The fourth-order valence-electron chi connectivity index (χ4n) is 0.846. The maximum absolute atomic E-state index is 10.5. The molecule has 0 unspecified atom stereocenters. The van der Waals surface area contributed by atoms with Gasteiger partial charge in [0.15, 0.2) is 0 Å². The first kappa shape index (κ1) is 9.47. The predicted molar refractivity (Wildman–Crippen MR) is 46.2 cm³/mol. The molecule has 67 valence electrons. The monoisotopic (exact) mass is 197 g/mol. The Balaban J connectivity index is 3.26. The Bertz CT molecular complexity index is 340. The zero-order valence-corrected chi connectivity index (χ0v) is 7.17. The highest BCUT2D eigenvalue weighted by Crippen LogP contribution is 2.13. The van der Waals surface area contributed by atoms with Crippen molar-refractivity contribution in [1.82, 2.24) is 0 Å². The second kappa shape index (κ2) is 3.40. The molecule has 4 nitrogen and oxygen atoms in total. The topological polar surface area (TPSA) is 74.6 Å². The fraction of sp³-hybridized carbons (Fsp3) is 0. The summed E-state index contributed by atoms with van der Waals surface area (Å²) in [5.74, 6) is -2.37. The third-order valence-corrected chi connectivity index (χ3v) is 1.64. The van der Waals surface area contributed by atoms with Crippen LogP contribution >= 0.6 is 12.6 Å². The summed E-state index contributed by atoms with van der Waals surface area (Å²) >= 11 is 4.70. The Kier molecular flexibility index (Phi) is 2.48. The second-order valence-electron chi connectivity index (χ2n) is 2.36. The van der Waals surface area contributed by atoms with Crippen molar-refractivity contribution in [2.24, 2.45) is 0 Å². The first-order valence-electron chi connectivity index (χ1n) is 3.29. The van der Waals surface area contributed by atoms with Gasteiger partial charge in [0.25, 0.3) is 0 Å². The third-order valence-electron chi connectivity index (χ3n) is 1.40. The Morgan fingerprint density at radius 1 is 1.00 bits per heavy atom. The highest BCUT2D eigenvalue weighted by molar-refractivity contribution is 7.80. The minimum Gasteiger partial charge on any atom is -0.478 e. The van der Waals surface area contributed by atoms with Crippen LogP contribution in [0.15, 0.2) is 23.1 Å². The number of carboxylic acids is 2. The van der Waals surface area contributed by atoms with E-state index in [-0.39, 0.29) is 16.0 Å². The summed E-state index contributed by atoms with van der Waals surface area (Å²) in [6.07, 6.45) is 0. The minimum atomic E-state index is -1.19. The molecule has 0 aliphatic carbocycles. The smallest absolute Gasteiger partial charge is 0.335 e. The first-order valence-corrected chi connectivity index (χ1v) is 3.70. The van der Waals surface area contributed by atoms with Gasteiger partial charge in [0.05, 0.1) is 11.1 Å². The van der Waals surface area contributed by atoms with Crippen molar-refractivity contribution < 1.29 is 19.8 Å². The van der Waals surface area contributed by atoms with Gasteiger partial charge in [-0.15, -0.1) is 0 Å². The van der Waals surface area contributed by atoms with Crippen LogP contribution in [0.4, 0.5) is 0 Å². The summed E-state index contributed by atoms with van der Waals surface area (Å²) in [5.41, 5.74) is -0.213. The molecule has 0 spiro atoms. The number of benzene rings is 1. The molecule has 0 saturated carbocycles. The summed E-state index contributed by atoms with van der Waals surface area (Å²) in [6, 6.07) is 3.55. The van der Waals surface area contributed by atoms with Crippen LogP contribution in [-0.2, 0) is 0 Å². The fourth-order valence-corrected chi connectivity index (χ4v) is 1.10. The normalized spacial score (nSPS) is 9.54. The van der Waals surface area contributed by atoms with Gasteiger partial charge in [-0.25, -0.2) is 9.59 Å². The number of hydrogen-bond acceptors (Lipinski definition) is 2. The van der Waals surface area contributed by atoms with Gasteiger partial charge in [-0.1, -0.05) is 12.6 Å². The molecule has 0 heterocycles. The number of hydrogen-bond donors (Lipinski definition) is 2. The highest BCUT2D eigenvalue weighted by atomic mass is 32.1. The molecule has 5 heteroatoms. The molecule has 0 aromatic heterocycles. The molecular formula is C8H5O4S.